The highest BCUT2D eigenvalue weighted by Gasteiger charge is 2.34. The van der Waals surface area contributed by atoms with E-state index in [4.69, 9.17) is 0 Å². The molecule has 37 heavy (non-hydrogen) atoms. The molecule has 2 aliphatic rings. The number of benzene rings is 1. The van der Waals surface area contributed by atoms with Gasteiger partial charge in [0, 0.05) is 69.2 Å². The third-order valence-electron chi connectivity index (χ3n) is 8.21. The summed E-state index contributed by atoms with van der Waals surface area (Å²) in [6.07, 6.45) is 9.00. The molecule has 1 saturated heterocycles. The van der Waals surface area contributed by atoms with Crippen molar-refractivity contribution in [3.8, 4) is 0 Å². The Morgan fingerprint density at radius 3 is 2.57 bits per heavy atom. The van der Waals surface area contributed by atoms with E-state index in [1.54, 1.807) is 6.20 Å². The molecule has 0 aliphatic carbocycles. The summed E-state index contributed by atoms with van der Waals surface area (Å²) in [4.78, 5) is 33.7. The molecule has 0 radical (unpaired) electrons. The van der Waals surface area contributed by atoms with Gasteiger partial charge in [0.15, 0.2) is 0 Å². The Bertz CT molecular complexity index is 1050. The Morgan fingerprint density at radius 1 is 1.05 bits per heavy atom. The Labute approximate surface area is 222 Å². The quantitative estimate of drug-likeness (QED) is 0.540. The van der Waals surface area contributed by atoms with Gasteiger partial charge < -0.3 is 9.80 Å². The van der Waals surface area contributed by atoms with Gasteiger partial charge in [-0.1, -0.05) is 45.4 Å². The van der Waals surface area contributed by atoms with Crippen LogP contribution >= 0.6 is 0 Å². The van der Waals surface area contributed by atoms with Crippen LogP contribution in [0.4, 0.5) is 5.69 Å². The number of hydrogen-bond acceptors (Lipinski definition) is 4. The van der Waals surface area contributed by atoms with Gasteiger partial charge in [-0.2, -0.15) is 5.10 Å². The number of aryl methyl sites for hydroxylation is 2. The van der Waals surface area contributed by atoms with Gasteiger partial charge in [-0.3, -0.25) is 19.2 Å². The first-order valence-corrected chi connectivity index (χ1v) is 14.3. The van der Waals surface area contributed by atoms with Crippen molar-refractivity contribution >= 4 is 17.5 Å². The molecule has 1 aromatic heterocycles. The third kappa shape index (κ3) is 6.81. The molecule has 7 nitrogen and oxygen atoms in total. The molecule has 2 bridgehead atoms. The zero-order valence-corrected chi connectivity index (χ0v) is 23.2. The van der Waals surface area contributed by atoms with E-state index in [2.05, 4.69) is 40.9 Å². The molecule has 1 fully saturated rings. The van der Waals surface area contributed by atoms with Crippen molar-refractivity contribution in [2.45, 2.75) is 90.8 Å². The topological polar surface area (TPSA) is 61.7 Å². The fourth-order valence-electron chi connectivity index (χ4n) is 6.01. The molecular weight excluding hydrogens is 462 g/mol. The van der Waals surface area contributed by atoms with Gasteiger partial charge in [-0.05, 0) is 62.3 Å². The lowest BCUT2D eigenvalue weighted by Gasteiger charge is -2.44. The number of carbonyl (C=O) groups is 2. The summed E-state index contributed by atoms with van der Waals surface area (Å²) >= 11 is 0. The highest BCUT2D eigenvalue weighted by Crippen LogP contribution is 2.31. The summed E-state index contributed by atoms with van der Waals surface area (Å²) in [5, 5.41) is 4.26. The molecule has 2 amide bonds. The van der Waals surface area contributed by atoms with E-state index >= 15 is 0 Å². The maximum Gasteiger partial charge on any atom is 0.226 e. The van der Waals surface area contributed by atoms with Crippen molar-refractivity contribution in [2.24, 2.45) is 13.0 Å². The number of nitrogens with zero attached hydrogens (tertiary/aromatic N) is 5. The van der Waals surface area contributed by atoms with Crippen molar-refractivity contribution in [3.05, 3.63) is 47.8 Å². The molecule has 2 unspecified atom stereocenters. The molecule has 7 heteroatoms. The van der Waals surface area contributed by atoms with Crippen LogP contribution in [0.5, 0.6) is 0 Å². The summed E-state index contributed by atoms with van der Waals surface area (Å²) < 4.78 is 1.85. The summed E-state index contributed by atoms with van der Waals surface area (Å²) in [6.45, 7) is 9.58. The van der Waals surface area contributed by atoms with Crippen LogP contribution in [0.2, 0.25) is 0 Å². The van der Waals surface area contributed by atoms with Crippen molar-refractivity contribution in [3.63, 3.8) is 0 Å². The van der Waals surface area contributed by atoms with E-state index in [0.29, 0.717) is 43.8 Å². The molecule has 2 atom stereocenters. The van der Waals surface area contributed by atoms with Gasteiger partial charge >= 0.3 is 0 Å². The van der Waals surface area contributed by atoms with Gasteiger partial charge in [-0.15, -0.1) is 0 Å². The SMILES string of the molecule is CCC(=O)N1CCC2CCCC(CN(C(=O)CCc3ccnn3C)Cc3ccccc31)N2CCC(C)C. The number of piperidine rings is 1. The van der Waals surface area contributed by atoms with E-state index in [9.17, 15) is 9.59 Å². The number of carbonyl (C=O) groups excluding carboxylic acids is 2. The third-order valence-corrected chi connectivity index (χ3v) is 8.21. The van der Waals surface area contributed by atoms with Crippen LogP contribution in [0.3, 0.4) is 0 Å². The van der Waals surface area contributed by atoms with Gasteiger partial charge in [-0.25, -0.2) is 0 Å². The Kier molecular flexibility index (Phi) is 9.41. The first-order valence-electron chi connectivity index (χ1n) is 14.3. The van der Waals surface area contributed by atoms with Crippen LogP contribution in [-0.2, 0) is 29.6 Å². The maximum atomic E-state index is 13.8. The smallest absolute Gasteiger partial charge is 0.226 e. The lowest BCUT2D eigenvalue weighted by Crippen LogP contribution is -2.53. The van der Waals surface area contributed by atoms with E-state index < -0.39 is 0 Å². The summed E-state index contributed by atoms with van der Waals surface area (Å²) in [6, 6.07) is 11.0. The van der Waals surface area contributed by atoms with Crippen molar-refractivity contribution in [1.29, 1.82) is 0 Å². The molecule has 2 aliphatic heterocycles. The van der Waals surface area contributed by atoms with Crippen molar-refractivity contribution < 1.29 is 9.59 Å². The molecule has 0 spiro atoms. The first-order chi connectivity index (χ1) is 17.9. The molecule has 4 rings (SSSR count). The van der Waals surface area contributed by atoms with E-state index in [-0.39, 0.29) is 11.8 Å². The largest absolute Gasteiger partial charge is 0.337 e. The predicted octanol–water partition coefficient (Wildman–Crippen LogP) is 4.80. The monoisotopic (exact) mass is 507 g/mol. The van der Waals surface area contributed by atoms with E-state index in [1.165, 1.54) is 12.8 Å². The fourth-order valence-corrected chi connectivity index (χ4v) is 6.01. The average molecular weight is 508 g/mol. The summed E-state index contributed by atoms with van der Waals surface area (Å²) in [5.41, 5.74) is 3.09. The number of amides is 2. The maximum absolute atomic E-state index is 13.8. The zero-order chi connectivity index (χ0) is 26.4. The second-order valence-corrected chi connectivity index (χ2v) is 11.2. The van der Waals surface area contributed by atoms with Crippen molar-refractivity contribution in [1.82, 2.24) is 19.6 Å². The fraction of sp³-hybridized carbons (Fsp3) is 0.633. The Balaban J connectivity index is 1.67. The molecule has 2 aromatic rings. The number of para-hydroxylation sites is 1. The molecule has 3 heterocycles. The number of fused-ring (bicyclic) bond motifs is 3. The van der Waals surface area contributed by atoms with Crippen LogP contribution in [0, 0.1) is 5.92 Å². The highest BCUT2D eigenvalue weighted by atomic mass is 16.2. The van der Waals surface area contributed by atoms with Crippen LogP contribution in [0.1, 0.15) is 77.0 Å². The van der Waals surface area contributed by atoms with Crippen LogP contribution in [0.25, 0.3) is 0 Å². The van der Waals surface area contributed by atoms with Gasteiger partial charge in [0.2, 0.25) is 11.8 Å². The normalized spacial score (nSPS) is 21.0. The summed E-state index contributed by atoms with van der Waals surface area (Å²) in [5.74, 6) is 0.967. The molecule has 202 valence electrons. The summed E-state index contributed by atoms with van der Waals surface area (Å²) in [7, 11) is 1.93. The number of hydrogen-bond donors (Lipinski definition) is 0. The lowest BCUT2D eigenvalue weighted by atomic mass is 9.92. The number of anilines is 1. The van der Waals surface area contributed by atoms with Gasteiger partial charge in [0.05, 0.1) is 0 Å². The van der Waals surface area contributed by atoms with Crippen LogP contribution in [0.15, 0.2) is 36.5 Å². The minimum Gasteiger partial charge on any atom is -0.337 e. The Morgan fingerprint density at radius 2 is 1.84 bits per heavy atom. The average Bonchev–Trinajstić information content (AvgIpc) is 3.30. The van der Waals surface area contributed by atoms with Gasteiger partial charge in [0.25, 0.3) is 0 Å². The first kappa shape index (κ1) is 27.4. The van der Waals surface area contributed by atoms with Crippen molar-refractivity contribution in [2.75, 3.05) is 24.5 Å². The molecular formula is C30H45N5O2. The molecule has 0 saturated carbocycles. The van der Waals surface area contributed by atoms with Gasteiger partial charge in [0.1, 0.15) is 0 Å². The minimum atomic E-state index is 0.155. The second kappa shape index (κ2) is 12.7. The second-order valence-electron chi connectivity index (χ2n) is 11.2. The lowest BCUT2D eigenvalue weighted by molar-refractivity contribution is -0.133. The van der Waals surface area contributed by atoms with E-state index in [0.717, 1.165) is 55.8 Å². The van der Waals surface area contributed by atoms with Crippen LogP contribution in [-0.4, -0.2) is 63.1 Å². The highest BCUT2D eigenvalue weighted by molar-refractivity contribution is 5.94. The zero-order valence-electron chi connectivity index (χ0n) is 23.2. The predicted molar refractivity (Wildman–Crippen MR) is 148 cm³/mol. The van der Waals surface area contributed by atoms with E-state index in [1.807, 2.05) is 41.8 Å². The number of rotatable bonds is 7. The number of aromatic nitrogens is 2. The minimum absolute atomic E-state index is 0.155. The standard InChI is InChI=1S/C30H45N5O2/c1-5-29(36)35-20-17-26-10-8-11-27(34(26)19-16-23(2)3)22-33(21-24-9-6-7-12-28(24)35)30(37)14-13-25-15-18-31-32(25)4/h6-7,9,12,15,18,23,26-27H,5,8,10-11,13-14,16-17,19-22H2,1-4H3. The molecule has 0 N–H and O–H groups in total. The Hall–Kier alpha value is -2.67. The molecule has 1 aromatic carbocycles. The van der Waals surface area contributed by atoms with Crippen LogP contribution < -0.4 is 4.90 Å².